The summed E-state index contributed by atoms with van der Waals surface area (Å²) in [5, 5.41) is 2.85. The molecule has 1 amide bonds. The van der Waals surface area contributed by atoms with Gasteiger partial charge in [0, 0.05) is 17.0 Å². The van der Waals surface area contributed by atoms with Gasteiger partial charge < -0.3 is 5.32 Å². The molecule has 0 saturated heterocycles. The van der Waals surface area contributed by atoms with Crippen LogP contribution in [0.5, 0.6) is 0 Å². The number of hydrogen-bond acceptors (Lipinski definition) is 2. The first-order valence-electron chi connectivity index (χ1n) is 5.31. The van der Waals surface area contributed by atoms with E-state index in [0.717, 1.165) is 29.8 Å². The monoisotopic (exact) mass is 223 g/mol. The van der Waals surface area contributed by atoms with Crippen molar-refractivity contribution in [2.45, 2.75) is 37.5 Å². The van der Waals surface area contributed by atoms with Gasteiger partial charge in [-0.05, 0) is 24.6 Å². The maximum Gasteiger partial charge on any atom is 0.224 e. The van der Waals surface area contributed by atoms with Gasteiger partial charge in [0.05, 0.1) is 0 Å². The van der Waals surface area contributed by atoms with Crippen LogP contribution >= 0.6 is 12.6 Å². The number of hydrogen-bond donors (Lipinski definition) is 2. The quantitative estimate of drug-likeness (QED) is 0.580. The highest BCUT2D eigenvalue weighted by atomic mass is 32.1. The van der Waals surface area contributed by atoms with Crippen molar-refractivity contribution in [2.75, 3.05) is 5.32 Å². The SMILES string of the molecule is CCCCCC(=O)Nc1cccc(S)c1. The molecule has 0 spiro atoms. The molecule has 1 aromatic carbocycles. The third kappa shape index (κ3) is 4.88. The van der Waals surface area contributed by atoms with Crippen molar-refractivity contribution in [3.63, 3.8) is 0 Å². The second-order valence-electron chi connectivity index (χ2n) is 3.56. The van der Waals surface area contributed by atoms with Gasteiger partial charge in [-0.1, -0.05) is 25.8 Å². The molecular weight excluding hydrogens is 206 g/mol. The smallest absolute Gasteiger partial charge is 0.224 e. The van der Waals surface area contributed by atoms with Crippen molar-refractivity contribution in [3.05, 3.63) is 24.3 Å². The van der Waals surface area contributed by atoms with Gasteiger partial charge in [0.2, 0.25) is 5.91 Å². The minimum atomic E-state index is 0.0855. The Balaban J connectivity index is 2.37. The van der Waals surface area contributed by atoms with E-state index in [1.807, 2.05) is 24.3 Å². The summed E-state index contributed by atoms with van der Waals surface area (Å²) in [6.45, 7) is 2.13. The van der Waals surface area contributed by atoms with Crippen molar-refractivity contribution in [3.8, 4) is 0 Å². The first-order valence-corrected chi connectivity index (χ1v) is 5.76. The van der Waals surface area contributed by atoms with Crippen molar-refractivity contribution in [1.82, 2.24) is 0 Å². The van der Waals surface area contributed by atoms with Crippen molar-refractivity contribution in [2.24, 2.45) is 0 Å². The van der Waals surface area contributed by atoms with Crippen LogP contribution in [0.15, 0.2) is 29.2 Å². The molecule has 3 heteroatoms. The number of carbonyl (C=O) groups excluding carboxylic acids is 1. The molecule has 0 aliphatic carbocycles. The fourth-order valence-corrected chi connectivity index (χ4v) is 1.57. The molecule has 82 valence electrons. The summed E-state index contributed by atoms with van der Waals surface area (Å²) in [5.74, 6) is 0.0855. The molecule has 0 aromatic heterocycles. The van der Waals surface area contributed by atoms with Gasteiger partial charge >= 0.3 is 0 Å². The minimum absolute atomic E-state index is 0.0855. The lowest BCUT2D eigenvalue weighted by Gasteiger charge is -2.05. The number of thiol groups is 1. The predicted octanol–water partition coefficient (Wildman–Crippen LogP) is 3.49. The number of carbonyl (C=O) groups is 1. The van der Waals surface area contributed by atoms with Crippen molar-refractivity contribution in [1.29, 1.82) is 0 Å². The van der Waals surface area contributed by atoms with E-state index >= 15 is 0 Å². The normalized spacial score (nSPS) is 10.0. The molecule has 0 unspecified atom stereocenters. The van der Waals surface area contributed by atoms with Gasteiger partial charge in [0.25, 0.3) is 0 Å². The lowest BCUT2D eigenvalue weighted by atomic mass is 10.2. The van der Waals surface area contributed by atoms with Crippen LogP contribution in [0.25, 0.3) is 0 Å². The lowest BCUT2D eigenvalue weighted by Crippen LogP contribution is -2.10. The number of benzene rings is 1. The molecule has 0 aliphatic rings. The van der Waals surface area contributed by atoms with Crippen LogP contribution in [0.1, 0.15) is 32.6 Å². The summed E-state index contributed by atoms with van der Waals surface area (Å²) in [5.41, 5.74) is 0.823. The Morgan fingerprint density at radius 3 is 2.87 bits per heavy atom. The average molecular weight is 223 g/mol. The zero-order chi connectivity index (χ0) is 11.1. The van der Waals surface area contributed by atoms with Crippen molar-refractivity contribution >= 4 is 24.2 Å². The molecule has 0 radical (unpaired) electrons. The van der Waals surface area contributed by atoms with Crippen LogP contribution in [-0.4, -0.2) is 5.91 Å². The predicted molar refractivity (Wildman–Crippen MR) is 66.5 cm³/mol. The molecule has 1 aromatic rings. The summed E-state index contributed by atoms with van der Waals surface area (Å²) in [7, 11) is 0. The molecule has 0 heterocycles. The van der Waals surface area contributed by atoms with Crippen LogP contribution in [0.4, 0.5) is 5.69 Å². The fourth-order valence-electron chi connectivity index (χ4n) is 1.34. The zero-order valence-corrected chi connectivity index (χ0v) is 9.89. The number of amides is 1. The summed E-state index contributed by atoms with van der Waals surface area (Å²) in [6.07, 6.45) is 3.81. The Kier molecular flexibility index (Phi) is 5.26. The highest BCUT2D eigenvalue weighted by molar-refractivity contribution is 7.80. The standard InChI is InChI=1S/C12H17NOS/c1-2-3-4-8-12(14)13-10-6-5-7-11(15)9-10/h5-7,9,15H,2-4,8H2,1H3,(H,13,14). The summed E-state index contributed by atoms with van der Waals surface area (Å²) < 4.78 is 0. The highest BCUT2D eigenvalue weighted by Crippen LogP contribution is 2.13. The Hall–Kier alpha value is -0.960. The van der Waals surface area contributed by atoms with Gasteiger partial charge in [0.15, 0.2) is 0 Å². The molecule has 0 saturated carbocycles. The Bertz CT molecular complexity index is 325. The Labute approximate surface area is 96.5 Å². The van der Waals surface area contributed by atoms with Gasteiger partial charge in [0.1, 0.15) is 0 Å². The van der Waals surface area contributed by atoms with E-state index in [1.165, 1.54) is 0 Å². The van der Waals surface area contributed by atoms with E-state index in [-0.39, 0.29) is 5.91 Å². The fraction of sp³-hybridized carbons (Fsp3) is 0.417. The third-order valence-electron chi connectivity index (χ3n) is 2.14. The number of anilines is 1. The summed E-state index contributed by atoms with van der Waals surface area (Å²) in [6, 6.07) is 7.48. The zero-order valence-electron chi connectivity index (χ0n) is 8.99. The highest BCUT2D eigenvalue weighted by Gasteiger charge is 2.01. The Morgan fingerprint density at radius 2 is 2.20 bits per heavy atom. The van der Waals surface area contributed by atoms with E-state index in [9.17, 15) is 4.79 Å². The molecule has 0 aliphatic heterocycles. The van der Waals surface area contributed by atoms with E-state index in [0.29, 0.717) is 6.42 Å². The van der Waals surface area contributed by atoms with E-state index < -0.39 is 0 Å². The van der Waals surface area contributed by atoms with Crippen LogP contribution in [0.3, 0.4) is 0 Å². The topological polar surface area (TPSA) is 29.1 Å². The first kappa shape index (κ1) is 12.1. The van der Waals surface area contributed by atoms with E-state index in [4.69, 9.17) is 0 Å². The van der Waals surface area contributed by atoms with Crippen LogP contribution < -0.4 is 5.32 Å². The molecule has 2 nitrogen and oxygen atoms in total. The van der Waals surface area contributed by atoms with Gasteiger partial charge in [-0.2, -0.15) is 0 Å². The molecule has 1 N–H and O–H groups in total. The molecule has 0 atom stereocenters. The van der Waals surface area contributed by atoms with Crippen LogP contribution in [0.2, 0.25) is 0 Å². The summed E-state index contributed by atoms with van der Waals surface area (Å²) in [4.78, 5) is 12.3. The number of unbranched alkanes of at least 4 members (excludes halogenated alkanes) is 2. The summed E-state index contributed by atoms with van der Waals surface area (Å²) >= 11 is 4.21. The minimum Gasteiger partial charge on any atom is -0.326 e. The molecule has 0 fully saturated rings. The maximum absolute atomic E-state index is 11.5. The Morgan fingerprint density at radius 1 is 1.40 bits per heavy atom. The number of nitrogens with one attached hydrogen (secondary N) is 1. The molecule has 1 rings (SSSR count). The van der Waals surface area contributed by atoms with E-state index in [1.54, 1.807) is 0 Å². The molecular formula is C12H17NOS. The average Bonchev–Trinajstić information content (AvgIpc) is 2.18. The molecule has 0 bridgehead atoms. The van der Waals surface area contributed by atoms with E-state index in [2.05, 4.69) is 24.9 Å². The van der Waals surface area contributed by atoms with Gasteiger partial charge in [-0.15, -0.1) is 12.6 Å². The second-order valence-corrected chi connectivity index (χ2v) is 4.07. The number of rotatable bonds is 5. The lowest BCUT2D eigenvalue weighted by molar-refractivity contribution is -0.116. The van der Waals surface area contributed by atoms with Crippen LogP contribution in [0, 0.1) is 0 Å². The van der Waals surface area contributed by atoms with Gasteiger partial charge in [-0.3, -0.25) is 4.79 Å². The first-order chi connectivity index (χ1) is 7.22. The third-order valence-corrected chi connectivity index (χ3v) is 2.42. The van der Waals surface area contributed by atoms with Crippen LogP contribution in [-0.2, 0) is 4.79 Å². The van der Waals surface area contributed by atoms with Crippen molar-refractivity contribution < 1.29 is 4.79 Å². The maximum atomic E-state index is 11.5. The van der Waals surface area contributed by atoms with Gasteiger partial charge in [-0.25, -0.2) is 0 Å². The second kappa shape index (κ2) is 6.51. The molecule has 15 heavy (non-hydrogen) atoms. The largest absolute Gasteiger partial charge is 0.326 e.